The van der Waals surface area contributed by atoms with E-state index in [1.54, 1.807) is 18.2 Å². The summed E-state index contributed by atoms with van der Waals surface area (Å²) in [5.41, 5.74) is 4.33. The standard InChI is InChI=1S/C19H19ClN2O2S/c1-12-3-2-4-15(9-12)25(23,24)22-14-6-8-19-17(11-14)16-10-13(20)5-7-18(16)21-19/h2-5,7,9-10,14,21-22H,6,8,11H2,1H3. The van der Waals surface area contributed by atoms with Crippen LogP contribution in [0.2, 0.25) is 5.02 Å². The fourth-order valence-electron chi connectivity index (χ4n) is 3.56. The maximum Gasteiger partial charge on any atom is 0.240 e. The average molecular weight is 375 g/mol. The Labute approximate surface area is 152 Å². The summed E-state index contributed by atoms with van der Waals surface area (Å²) in [7, 11) is -3.52. The molecular formula is C19H19ClN2O2S. The van der Waals surface area contributed by atoms with E-state index in [0.717, 1.165) is 29.3 Å². The number of aromatic amines is 1. The number of aryl methyl sites for hydroxylation is 2. The third kappa shape index (κ3) is 3.19. The van der Waals surface area contributed by atoms with E-state index in [1.165, 1.54) is 11.3 Å². The molecule has 0 saturated carbocycles. The zero-order chi connectivity index (χ0) is 17.6. The topological polar surface area (TPSA) is 62.0 Å². The summed E-state index contributed by atoms with van der Waals surface area (Å²) >= 11 is 6.13. The SMILES string of the molecule is Cc1cccc(S(=O)(=O)NC2CCc3[nH]c4ccc(Cl)cc4c3C2)c1. The fraction of sp³-hybridized carbons (Fsp3) is 0.263. The number of nitrogens with one attached hydrogen (secondary N) is 2. The molecule has 0 bridgehead atoms. The van der Waals surface area contributed by atoms with Crippen molar-refractivity contribution in [1.82, 2.24) is 9.71 Å². The van der Waals surface area contributed by atoms with Crippen LogP contribution in [0.5, 0.6) is 0 Å². The molecule has 6 heteroatoms. The van der Waals surface area contributed by atoms with Crippen molar-refractivity contribution in [3.63, 3.8) is 0 Å². The molecule has 0 fully saturated rings. The van der Waals surface area contributed by atoms with Crippen LogP contribution >= 0.6 is 11.6 Å². The highest BCUT2D eigenvalue weighted by Crippen LogP contribution is 2.31. The molecule has 25 heavy (non-hydrogen) atoms. The first-order valence-electron chi connectivity index (χ1n) is 8.30. The molecule has 1 aliphatic carbocycles. The molecule has 0 aliphatic heterocycles. The molecule has 1 aliphatic rings. The van der Waals surface area contributed by atoms with E-state index < -0.39 is 10.0 Å². The molecule has 130 valence electrons. The Morgan fingerprint density at radius 3 is 2.84 bits per heavy atom. The summed E-state index contributed by atoms with van der Waals surface area (Å²) in [6.45, 7) is 1.89. The summed E-state index contributed by atoms with van der Waals surface area (Å²) in [5.74, 6) is 0. The first kappa shape index (κ1) is 16.6. The molecule has 0 amide bonds. The van der Waals surface area contributed by atoms with Crippen LogP contribution in [-0.2, 0) is 22.9 Å². The van der Waals surface area contributed by atoms with E-state index in [9.17, 15) is 8.42 Å². The third-order valence-electron chi connectivity index (χ3n) is 4.77. The van der Waals surface area contributed by atoms with E-state index in [0.29, 0.717) is 16.3 Å². The maximum absolute atomic E-state index is 12.7. The van der Waals surface area contributed by atoms with E-state index in [2.05, 4.69) is 9.71 Å². The van der Waals surface area contributed by atoms with Gasteiger partial charge in [-0.3, -0.25) is 0 Å². The van der Waals surface area contributed by atoms with Crippen LogP contribution in [0.1, 0.15) is 23.2 Å². The number of sulfonamides is 1. The van der Waals surface area contributed by atoms with Gasteiger partial charge in [0.2, 0.25) is 10.0 Å². The van der Waals surface area contributed by atoms with Crippen molar-refractivity contribution in [2.24, 2.45) is 0 Å². The zero-order valence-corrected chi connectivity index (χ0v) is 15.4. The van der Waals surface area contributed by atoms with Gasteiger partial charge in [0.15, 0.2) is 0 Å². The molecule has 1 heterocycles. The molecule has 0 spiro atoms. The molecule has 1 unspecified atom stereocenters. The minimum absolute atomic E-state index is 0.115. The predicted molar refractivity (Wildman–Crippen MR) is 101 cm³/mol. The molecule has 0 saturated heterocycles. The Bertz CT molecular complexity index is 1060. The second-order valence-corrected chi connectivity index (χ2v) is 8.80. The van der Waals surface area contributed by atoms with Crippen LogP contribution in [0.3, 0.4) is 0 Å². The van der Waals surface area contributed by atoms with Gasteiger partial charge in [-0.25, -0.2) is 13.1 Å². The minimum atomic E-state index is -3.52. The number of fused-ring (bicyclic) bond motifs is 3. The van der Waals surface area contributed by atoms with Gasteiger partial charge in [0.05, 0.1) is 4.90 Å². The minimum Gasteiger partial charge on any atom is -0.358 e. The summed E-state index contributed by atoms with van der Waals surface area (Å²) in [6, 6.07) is 12.7. The highest BCUT2D eigenvalue weighted by atomic mass is 35.5. The number of rotatable bonds is 3. The van der Waals surface area contributed by atoms with Gasteiger partial charge in [-0.05, 0) is 67.6 Å². The average Bonchev–Trinajstić information content (AvgIpc) is 2.92. The lowest BCUT2D eigenvalue weighted by atomic mass is 9.92. The van der Waals surface area contributed by atoms with Crippen molar-refractivity contribution in [1.29, 1.82) is 0 Å². The van der Waals surface area contributed by atoms with Gasteiger partial charge in [-0.1, -0.05) is 23.7 Å². The lowest BCUT2D eigenvalue weighted by molar-refractivity contribution is 0.506. The number of H-pyrrole nitrogens is 1. The van der Waals surface area contributed by atoms with E-state index in [-0.39, 0.29) is 6.04 Å². The number of benzene rings is 2. The van der Waals surface area contributed by atoms with Crippen LogP contribution < -0.4 is 4.72 Å². The van der Waals surface area contributed by atoms with Gasteiger partial charge in [-0.15, -0.1) is 0 Å². The lowest BCUT2D eigenvalue weighted by Crippen LogP contribution is -2.38. The number of hydrogen-bond donors (Lipinski definition) is 2. The van der Waals surface area contributed by atoms with E-state index in [1.807, 2.05) is 31.2 Å². The van der Waals surface area contributed by atoms with Crippen molar-refractivity contribution < 1.29 is 8.42 Å². The van der Waals surface area contributed by atoms with Gasteiger partial charge in [-0.2, -0.15) is 0 Å². The Hall–Kier alpha value is -1.82. The van der Waals surface area contributed by atoms with Gasteiger partial charge in [0.1, 0.15) is 0 Å². The number of hydrogen-bond acceptors (Lipinski definition) is 2. The second-order valence-electron chi connectivity index (χ2n) is 6.65. The highest BCUT2D eigenvalue weighted by molar-refractivity contribution is 7.89. The van der Waals surface area contributed by atoms with Crippen LogP contribution in [0.4, 0.5) is 0 Å². The summed E-state index contributed by atoms with van der Waals surface area (Å²) in [5, 5.41) is 1.78. The monoisotopic (exact) mass is 374 g/mol. The Morgan fingerprint density at radius 1 is 1.20 bits per heavy atom. The van der Waals surface area contributed by atoms with Crippen molar-refractivity contribution in [3.05, 3.63) is 64.3 Å². The van der Waals surface area contributed by atoms with Gasteiger partial charge in [0.25, 0.3) is 0 Å². The quantitative estimate of drug-likeness (QED) is 0.728. The largest absolute Gasteiger partial charge is 0.358 e. The van der Waals surface area contributed by atoms with Crippen molar-refractivity contribution >= 4 is 32.5 Å². The second kappa shape index (κ2) is 6.16. The Balaban J connectivity index is 1.62. The summed E-state index contributed by atoms with van der Waals surface area (Å²) in [6.07, 6.45) is 2.27. The lowest BCUT2D eigenvalue weighted by Gasteiger charge is -2.23. The Kier molecular flexibility index (Phi) is 4.10. The van der Waals surface area contributed by atoms with Crippen molar-refractivity contribution in [2.45, 2.75) is 37.1 Å². The summed E-state index contributed by atoms with van der Waals surface area (Å²) < 4.78 is 28.2. The number of halogens is 1. The molecule has 3 aromatic rings. The molecule has 1 aromatic heterocycles. The van der Waals surface area contributed by atoms with Crippen LogP contribution in [0.25, 0.3) is 10.9 Å². The molecule has 2 N–H and O–H groups in total. The van der Waals surface area contributed by atoms with Crippen LogP contribution in [-0.4, -0.2) is 19.4 Å². The number of aromatic nitrogens is 1. The Morgan fingerprint density at radius 2 is 2.04 bits per heavy atom. The third-order valence-corrected chi connectivity index (χ3v) is 6.52. The van der Waals surface area contributed by atoms with E-state index >= 15 is 0 Å². The zero-order valence-electron chi connectivity index (χ0n) is 13.8. The van der Waals surface area contributed by atoms with Gasteiger partial charge in [0, 0.05) is 27.7 Å². The van der Waals surface area contributed by atoms with Crippen LogP contribution in [0.15, 0.2) is 47.4 Å². The first-order chi connectivity index (χ1) is 11.9. The molecule has 1 atom stereocenters. The molecule has 0 radical (unpaired) electrons. The van der Waals surface area contributed by atoms with Gasteiger partial charge < -0.3 is 4.98 Å². The fourth-order valence-corrected chi connectivity index (χ4v) is 5.11. The highest BCUT2D eigenvalue weighted by Gasteiger charge is 2.26. The predicted octanol–water partition coefficient (Wildman–Crippen LogP) is 3.97. The summed E-state index contributed by atoms with van der Waals surface area (Å²) in [4.78, 5) is 3.75. The molecule has 4 nitrogen and oxygen atoms in total. The van der Waals surface area contributed by atoms with Crippen molar-refractivity contribution in [2.75, 3.05) is 0 Å². The molecule has 4 rings (SSSR count). The van der Waals surface area contributed by atoms with Gasteiger partial charge >= 0.3 is 0 Å². The van der Waals surface area contributed by atoms with Crippen molar-refractivity contribution in [3.8, 4) is 0 Å². The van der Waals surface area contributed by atoms with Crippen LogP contribution in [0, 0.1) is 6.92 Å². The maximum atomic E-state index is 12.7. The molecular weight excluding hydrogens is 356 g/mol. The normalized spacial score (nSPS) is 17.6. The smallest absolute Gasteiger partial charge is 0.240 e. The molecule has 2 aromatic carbocycles. The van der Waals surface area contributed by atoms with E-state index in [4.69, 9.17) is 11.6 Å². The first-order valence-corrected chi connectivity index (χ1v) is 10.2.